The van der Waals surface area contributed by atoms with Crippen molar-refractivity contribution in [2.24, 2.45) is 0 Å². The molecule has 2 N–H and O–H groups in total. The highest BCUT2D eigenvalue weighted by molar-refractivity contribution is 6.06. The molecule has 3 rings (SSSR count). The van der Waals surface area contributed by atoms with Gasteiger partial charge in [-0.15, -0.1) is 0 Å². The lowest BCUT2D eigenvalue weighted by Crippen LogP contribution is -2.36. The van der Waals surface area contributed by atoms with Crippen molar-refractivity contribution in [1.29, 1.82) is 0 Å². The number of rotatable bonds is 1. The summed E-state index contributed by atoms with van der Waals surface area (Å²) in [6.45, 7) is 0. The summed E-state index contributed by atoms with van der Waals surface area (Å²) in [6.07, 6.45) is -3.93. The van der Waals surface area contributed by atoms with Crippen molar-refractivity contribution in [3.05, 3.63) is 59.4 Å². The molecule has 2 aromatic rings. The third-order valence-electron chi connectivity index (χ3n) is 3.36. The van der Waals surface area contributed by atoms with E-state index in [1.807, 2.05) is 0 Å². The molecule has 0 saturated heterocycles. The van der Waals surface area contributed by atoms with Crippen LogP contribution in [0.5, 0.6) is 0 Å². The monoisotopic (exact) mass is 294 g/mol. The van der Waals surface area contributed by atoms with E-state index in [1.165, 1.54) is 6.07 Å². The molecule has 1 unspecified atom stereocenters. The molecule has 4 nitrogen and oxygen atoms in total. The molecular weight excluding hydrogens is 285 g/mol. The topological polar surface area (TPSA) is 62.2 Å². The maximum Gasteiger partial charge on any atom is 0.417 e. The number of alkyl halides is 3. The van der Waals surface area contributed by atoms with Crippen molar-refractivity contribution >= 4 is 11.6 Å². The minimum absolute atomic E-state index is 0.155. The first-order valence-electron chi connectivity index (χ1n) is 6.00. The van der Waals surface area contributed by atoms with E-state index >= 15 is 0 Å². The lowest BCUT2D eigenvalue weighted by Gasteiger charge is -2.20. The number of pyridine rings is 1. The number of anilines is 1. The average molecular weight is 294 g/mol. The highest BCUT2D eigenvalue weighted by Gasteiger charge is 2.48. The number of hydrogen-bond acceptors (Lipinski definition) is 3. The first-order valence-corrected chi connectivity index (χ1v) is 6.00. The second kappa shape index (κ2) is 4.29. The number of fused-ring (bicyclic) bond motifs is 1. The molecule has 0 aliphatic carbocycles. The van der Waals surface area contributed by atoms with Crippen molar-refractivity contribution in [1.82, 2.24) is 4.98 Å². The van der Waals surface area contributed by atoms with E-state index in [1.54, 1.807) is 18.2 Å². The van der Waals surface area contributed by atoms with E-state index in [2.05, 4.69) is 10.3 Å². The zero-order valence-electron chi connectivity index (χ0n) is 10.5. The Balaban J connectivity index is 2.09. The van der Waals surface area contributed by atoms with Gasteiger partial charge in [-0.3, -0.25) is 9.78 Å². The zero-order valence-corrected chi connectivity index (χ0v) is 10.5. The van der Waals surface area contributed by atoms with Crippen LogP contribution in [0.4, 0.5) is 18.9 Å². The fraction of sp³-hybridized carbons (Fsp3) is 0.143. The molecule has 1 atom stereocenters. The molecule has 1 aliphatic rings. The molecule has 1 aromatic carbocycles. The molecule has 1 aromatic heterocycles. The molecule has 0 radical (unpaired) electrons. The summed E-state index contributed by atoms with van der Waals surface area (Å²) in [5, 5.41) is 13.1. The molecule has 108 valence electrons. The third-order valence-corrected chi connectivity index (χ3v) is 3.36. The van der Waals surface area contributed by atoms with Gasteiger partial charge < -0.3 is 10.4 Å². The minimum Gasteiger partial charge on any atom is -0.370 e. The molecule has 7 heteroatoms. The number of nitrogens with one attached hydrogen (secondary N) is 1. The Morgan fingerprint density at radius 1 is 1.14 bits per heavy atom. The van der Waals surface area contributed by atoms with Crippen LogP contribution in [-0.2, 0) is 16.6 Å². The van der Waals surface area contributed by atoms with Gasteiger partial charge in [-0.2, -0.15) is 13.2 Å². The highest BCUT2D eigenvalue weighted by atomic mass is 19.4. The Morgan fingerprint density at radius 2 is 1.86 bits per heavy atom. The fourth-order valence-electron chi connectivity index (χ4n) is 2.27. The second-order valence-electron chi connectivity index (χ2n) is 4.64. The van der Waals surface area contributed by atoms with E-state index in [0.29, 0.717) is 11.9 Å². The maximum absolute atomic E-state index is 12.5. The van der Waals surface area contributed by atoms with Gasteiger partial charge in [0.05, 0.1) is 11.3 Å². The summed E-state index contributed by atoms with van der Waals surface area (Å²) in [6, 6.07) is 8.19. The zero-order chi connectivity index (χ0) is 15.3. The predicted molar refractivity (Wildman–Crippen MR) is 67.3 cm³/mol. The molecule has 2 heterocycles. The van der Waals surface area contributed by atoms with Crippen LogP contribution >= 0.6 is 0 Å². The van der Waals surface area contributed by atoms with Crippen LogP contribution in [0.2, 0.25) is 0 Å². The lowest BCUT2D eigenvalue weighted by molar-refractivity contribution is -0.137. The first-order chi connectivity index (χ1) is 9.83. The number of aliphatic hydroxyl groups is 1. The maximum atomic E-state index is 12.5. The van der Waals surface area contributed by atoms with E-state index in [9.17, 15) is 23.1 Å². The van der Waals surface area contributed by atoms with Crippen molar-refractivity contribution in [2.75, 3.05) is 5.32 Å². The molecule has 0 bridgehead atoms. The molecule has 0 fully saturated rings. The molecular formula is C14H9F3N2O2. The van der Waals surface area contributed by atoms with Crippen LogP contribution in [0, 0.1) is 0 Å². The number of amides is 1. The number of halogens is 3. The summed E-state index contributed by atoms with van der Waals surface area (Å²) in [5.41, 5.74) is -2.51. The summed E-state index contributed by atoms with van der Waals surface area (Å²) in [7, 11) is 0. The van der Waals surface area contributed by atoms with E-state index in [-0.39, 0.29) is 11.3 Å². The summed E-state index contributed by atoms with van der Waals surface area (Å²) in [4.78, 5) is 15.6. The SMILES string of the molecule is O=C1Nc2ccccc2C1(O)c1ccc(C(F)(F)F)cn1. The summed E-state index contributed by atoms with van der Waals surface area (Å²) in [5.74, 6) is -0.740. The van der Waals surface area contributed by atoms with Crippen LogP contribution in [0.25, 0.3) is 0 Å². The summed E-state index contributed by atoms with van der Waals surface area (Å²) >= 11 is 0. The highest BCUT2D eigenvalue weighted by Crippen LogP contribution is 2.40. The smallest absolute Gasteiger partial charge is 0.370 e. The van der Waals surface area contributed by atoms with Gasteiger partial charge in [0.2, 0.25) is 5.60 Å². The minimum atomic E-state index is -4.52. The Morgan fingerprint density at radius 3 is 2.48 bits per heavy atom. The number of carbonyl (C=O) groups is 1. The van der Waals surface area contributed by atoms with Gasteiger partial charge in [0.15, 0.2) is 0 Å². The molecule has 0 spiro atoms. The van der Waals surface area contributed by atoms with Crippen molar-refractivity contribution in [3.8, 4) is 0 Å². The van der Waals surface area contributed by atoms with E-state index in [4.69, 9.17) is 0 Å². The van der Waals surface area contributed by atoms with Crippen LogP contribution in [-0.4, -0.2) is 16.0 Å². The number of carbonyl (C=O) groups excluding carboxylic acids is 1. The van der Waals surface area contributed by atoms with Gasteiger partial charge in [0.1, 0.15) is 0 Å². The molecule has 1 aliphatic heterocycles. The lowest BCUT2D eigenvalue weighted by atomic mass is 9.91. The quantitative estimate of drug-likeness (QED) is 0.848. The number of nitrogens with zero attached hydrogens (tertiary/aromatic N) is 1. The molecule has 1 amide bonds. The van der Waals surface area contributed by atoms with Gasteiger partial charge >= 0.3 is 6.18 Å². The molecule has 21 heavy (non-hydrogen) atoms. The summed E-state index contributed by atoms with van der Waals surface area (Å²) < 4.78 is 37.6. The van der Waals surface area contributed by atoms with Crippen molar-refractivity contribution < 1.29 is 23.1 Å². The fourth-order valence-corrected chi connectivity index (χ4v) is 2.27. The number of hydrogen-bond donors (Lipinski definition) is 2. The first kappa shape index (κ1) is 13.6. The average Bonchev–Trinajstić information content (AvgIpc) is 2.71. The Hall–Kier alpha value is -2.41. The third kappa shape index (κ3) is 1.97. The number of para-hydroxylation sites is 1. The number of aromatic nitrogens is 1. The van der Waals surface area contributed by atoms with Crippen molar-refractivity contribution in [3.63, 3.8) is 0 Å². The van der Waals surface area contributed by atoms with Crippen LogP contribution in [0.3, 0.4) is 0 Å². The van der Waals surface area contributed by atoms with Gasteiger partial charge in [-0.1, -0.05) is 18.2 Å². The van der Waals surface area contributed by atoms with Gasteiger partial charge in [-0.25, -0.2) is 0 Å². The molecule has 0 saturated carbocycles. The van der Waals surface area contributed by atoms with Crippen molar-refractivity contribution in [2.45, 2.75) is 11.8 Å². The van der Waals surface area contributed by atoms with Gasteiger partial charge in [0, 0.05) is 17.4 Å². The van der Waals surface area contributed by atoms with E-state index in [0.717, 1.165) is 12.1 Å². The van der Waals surface area contributed by atoms with Crippen LogP contribution in [0.15, 0.2) is 42.6 Å². The normalized spacial score (nSPS) is 21.0. The Kier molecular flexibility index (Phi) is 2.77. The predicted octanol–water partition coefficient (Wildman–Crippen LogP) is 2.29. The van der Waals surface area contributed by atoms with Gasteiger partial charge in [0.25, 0.3) is 5.91 Å². The van der Waals surface area contributed by atoms with E-state index < -0.39 is 23.2 Å². The van der Waals surface area contributed by atoms with Gasteiger partial charge in [-0.05, 0) is 18.2 Å². The van der Waals surface area contributed by atoms with Crippen LogP contribution < -0.4 is 5.32 Å². The largest absolute Gasteiger partial charge is 0.417 e. The number of benzene rings is 1. The Labute approximate surface area is 117 Å². The van der Waals surface area contributed by atoms with Crippen LogP contribution in [0.1, 0.15) is 16.8 Å². The second-order valence-corrected chi connectivity index (χ2v) is 4.64. The Bertz CT molecular complexity index is 713. The standard InChI is InChI=1S/C14H9F3N2O2/c15-14(16,17)8-5-6-11(18-7-8)13(21)9-3-1-2-4-10(9)19-12(13)20/h1-7,21H,(H,19,20).